The normalized spacial score (nSPS) is 21.2. The van der Waals surface area contributed by atoms with E-state index in [-0.39, 0.29) is 12.1 Å². The Kier molecular flexibility index (Phi) is 2.72. The van der Waals surface area contributed by atoms with Gasteiger partial charge in [0.2, 0.25) is 0 Å². The second-order valence-corrected chi connectivity index (χ2v) is 4.21. The fourth-order valence-corrected chi connectivity index (χ4v) is 2.00. The third kappa shape index (κ3) is 2.07. The van der Waals surface area contributed by atoms with E-state index < -0.39 is 0 Å². The molecule has 2 rings (SSSR count). The number of benzene rings is 1. The van der Waals surface area contributed by atoms with E-state index in [9.17, 15) is 4.79 Å². The van der Waals surface area contributed by atoms with Gasteiger partial charge in [-0.3, -0.25) is 0 Å². The molecule has 3 nitrogen and oxygen atoms in total. The maximum absolute atomic E-state index is 11.1. The lowest BCUT2D eigenvalue weighted by molar-refractivity contribution is 0.229. The predicted octanol–water partition coefficient (Wildman–Crippen LogP) is 2.19. The molecular weight excluding hydrogens is 244 g/mol. The van der Waals surface area contributed by atoms with Crippen LogP contribution in [0.1, 0.15) is 18.0 Å². The molecule has 1 aromatic carbocycles. The number of nitrogens with one attached hydrogen (secondary N) is 2. The van der Waals surface area contributed by atoms with Gasteiger partial charge in [0.15, 0.2) is 0 Å². The molecule has 0 aromatic heterocycles. The second kappa shape index (κ2) is 4.00. The summed E-state index contributed by atoms with van der Waals surface area (Å²) >= 11 is 3.42. The molecule has 4 heteroatoms. The molecule has 1 saturated heterocycles. The number of rotatable bonds is 1. The zero-order valence-electron chi connectivity index (χ0n) is 7.59. The van der Waals surface area contributed by atoms with Gasteiger partial charge in [-0.2, -0.15) is 0 Å². The van der Waals surface area contributed by atoms with Crippen molar-refractivity contribution in [3.8, 4) is 0 Å². The van der Waals surface area contributed by atoms with Crippen molar-refractivity contribution in [1.29, 1.82) is 0 Å². The van der Waals surface area contributed by atoms with Gasteiger partial charge in [0, 0.05) is 11.0 Å². The summed E-state index contributed by atoms with van der Waals surface area (Å²) in [5.74, 6) is 0. The van der Waals surface area contributed by atoms with Crippen LogP contribution in [0.4, 0.5) is 4.79 Å². The lowest BCUT2D eigenvalue weighted by atomic mass is 10.0. The van der Waals surface area contributed by atoms with E-state index in [1.54, 1.807) is 0 Å². The maximum atomic E-state index is 11.1. The van der Waals surface area contributed by atoms with Gasteiger partial charge in [-0.25, -0.2) is 4.79 Å². The quantitative estimate of drug-likeness (QED) is 0.793. The minimum Gasteiger partial charge on any atom is -0.338 e. The summed E-state index contributed by atoms with van der Waals surface area (Å²) in [6, 6.07) is 8.08. The van der Waals surface area contributed by atoms with Crippen LogP contribution in [0.25, 0.3) is 0 Å². The van der Waals surface area contributed by atoms with Crippen LogP contribution in [0.5, 0.6) is 0 Å². The first-order valence-electron chi connectivity index (χ1n) is 4.55. The van der Waals surface area contributed by atoms with E-state index in [1.165, 1.54) is 0 Å². The van der Waals surface area contributed by atoms with Gasteiger partial charge < -0.3 is 10.6 Å². The van der Waals surface area contributed by atoms with E-state index in [0.717, 1.165) is 23.0 Å². The topological polar surface area (TPSA) is 41.1 Å². The molecule has 1 aromatic rings. The van der Waals surface area contributed by atoms with Gasteiger partial charge in [0.05, 0.1) is 6.04 Å². The number of halogens is 1. The minimum atomic E-state index is -0.0822. The highest BCUT2D eigenvalue weighted by Crippen LogP contribution is 2.21. The summed E-state index contributed by atoms with van der Waals surface area (Å²) in [7, 11) is 0. The van der Waals surface area contributed by atoms with Crippen LogP contribution in [-0.2, 0) is 0 Å². The molecule has 2 amide bonds. The van der Waals surface area contributed by atoms with Crippen LogP contribution in [0.3, 0.4) is 0 Å². The molecule has 1 unspecified atom stereocenters. The Morgan fingerprint density at radius 3 is 3.00 bits per heavy atom. The minimum absolute atomic E-state index is 0.0822. The molecule has 0 spiro atoms. The maximum Gasteiger partial charge on any atom is 0.315 e. The van der Waals surface area contributed by atoms with Crippen molar-refractivity contribution in [3.63, 3.8) is 0 Å². The van der Waals surface area contributed by atoms with Crippen LogP contribution in [0, 0.1) is 0 Å². The van der Waals surface area contributed by atoms with Gasteiger partial charge in [0.25, 0.3) is 0 Å². The summed E-state index contributed by atoms with van der Waals surface area (Å²) in [5.41, 5.74) is 1.15. The molecule has 1 fully saturated rings. The Hall–Kier alpha value is -1.03. The van der Waals surface area contributed by atoms with E-state index in [4.69, 9.17) is 0 Å². The number of hydrogen-bond donors (Lipinski definition) is 2. The third-order valence-electron chi connectivity index (χ3n) is 2.27. The standard InChI is InChI=1S/C10H11BrN2O/c11-8-3-1-2-7(6-8)9-4-5-12-10(14)13-9/h1-3,6,9H,4-5H2,(H2,12,13,14). The van der Waals surface area contributed by atoms with Crippen LogP contribution >= 0.6 is 15.9 Å². The van der Waals surface area contributed by atoms with Crippen molar-refractivity contribution in [2.75, 3.05) is 6.54 Å². The Labute approximate surface area is 91.0 Å². The molecule has 1 aliphatic heterocycles. The van der Waals surface area contributed by atoms with E-state index >= 15 is 0 Å². The SMILES string of the molecule is O=C1NCCC(c2cccc(Br)c2)N1. The van der Waals surface area contributed by atoms with Crippen molar-refractivity contribution in [1.82, 2.24) is 10.6 Å². The smallest absolute Gasteiger partial charge is 0.315 e. The van der Waals surface area contributed by atoms with E-state index in [2.05, 4.69) is 26.6 Å². The van der Waals surface area contributed by atoms with Crippen LogP contribution in [-0.4, -0.2) is 12.6 Å². The monoisotopic (exact) mass is 254 g/mol. The first-order chi connectivity index (χ1) is 6.75. The molecule has 14 heavy (non-hydrogen) atoms. The predicted molar refractivity (Wildman–Crippen MR) is 58.0 cm³/mol. The van der Waals surface area contributed by atoms with Crippen molar-refractivity contribution < 1.29 is 4.79 Å². The summed E-state index contributed by atoms with van der Waals surface area (Å²) in [4.78, 5) is 11.1. The average molecular weight is 255 g/mol. The summed E-state index contributed by atoms with van der Waals surface area (Å²) in [5, 5.41) is 5.62. The Balaban J connectivity index is 2.17. The van der Waals surface area contributed by atoms with Gasteiger partial charge in [0.1, 0.15) is 0 Å². The first kappa shape index (κ1) is 9.52. The Morgan fingerprint density at radius 1 is 1.43 bits per heavy atom. The molecule has 1 aliphatic rings. The van der Waals surface area contributed by atoms with Crippen molar-refractivity contribution in [3.05, 3.63) is 34.3 Å². The summed E-state index contributed by atoms with van der Waals surface area (Å²) in [6.07, 6.45) is 0.933. The molecule has 1 atom stereocenters. The lowest BCUT2D eigenvalue weighted by Gasteiger charge is -2.24. The fourth-order valence-electron chi connectivity index (χ4n) is 1.58. The summed E-state index contributed by atoms with van der Waals surface area (Å²) < 4.78 is 1.04. The third-order valence-corrected chi connectivity index (χ3v) is 2.77. The zero-order chi connectivity index (χ0) is 9.97. The highest BCUT2D eigenvalue weighted by atomic mass is 79.9. The Morgan fingerprint density at radius 2 is 2.29 bits per heavy atom. The van der Waals surface area contributed by atoms with Gasteiger partial charge in [-0.1, -0.05) is 28.1 Å². The average Bonchev–Trinajstić information content (AvgIpc) is 2.18. The van der Waals surface area contributed by atoms with Gasteiger partial charge in [-0.15, -0.1) is 0 Å². The molecule has 74 valence electrons. The lowest BCUT2D eigenvalue weighted by Crippen LogP contribution is -2.44. The van der Waals surface area contributed by atoms with E-state index in [0.29, 0.717) is 0 Å². The highest BCUT2D eigenvalue weighted by molar-refractivity contribution is 9.10. The van der Waals surface area contributed by atoms with Crippen LogP contribution < -0.4 is 10.6 Å². The molecule has 0 aliphatic carbocycles. The highest BCUT2D eigenvalue weighted by Gasteiger charge is 2.18. The Bertz CT molecular complexity index is 354. The van der Waals surface area contributed by atoms with Crippen LogP contribution in [0.2, 0.25) is 0 Å². The molecule has 0 saturated carbocycles. The number of amides is 2. The van der Waals surface area contributed by atoms with E-state index in [1.807, 2.05) is 24.3 Å². The number of hydrogen-bond acceptors (Lipinski definition) is 1. The van der Waals surface area contributed by atoms with Crippen molar-refractivity contribution in [2.45, 2.75) is 12.5 Å². The van der Waals surface area contributed by atoms with Crippen LogP contribution in [0.15, 0.2) is 28.7 Å². The molecular formula is C10H11BrN2O. The van der Waals surface area contributed by atoms with Crippen molar-refractivity contribution in [2.24, 2.45) is 0 Å². The van der Waals surface area contributed by atoms with Gasteiger partial charge in [-0.05, 0) is 24.1 Å². The molecule has 2 N–H and O–H groups in total. The number of carbonyl (C=O) groups is 1. The fraction of sp³-hybridized carbons (Fsp3) is 0.300. The van der Waals surface area contributed by atoms with Crippen molar-refractivity contribution >= 4 is 22.0 Å². The zero-order valence-corrected chi connectivity index (χ0v) is 9.17. The largest absolute Gasteiger partial charge is 0.338 e. The molecule has 0 bridgehead atoms. The number of carbonyl (C=O) groups excluding carboxylic acids is 1. The molecule has 0 radical (unpaired) electrons. The van der Waals surface area contributed by atoms with Gasteiger partial charge >= 0.3 is 6.03 Å². The number of urea groups is 1. The first-order valence-corrected chi connectivity index (χ1v) is 5.35. The summed E-state index contributed by atoms with van der Waals surface area (Å²) in [6.45, 7) is 0.739. The second-order valence-electron chi connectivity index (χ2n) is 3.30. The molecule has 1 heterocycles.